The molecule has 0 unspecified atom stereocenters. The number of benzene rings is 2. The number of nitrogens with zero attached hydrogens (tertiary/aromatic N) is 3. The topological polar surface area (TPSA) is 90.9 Å². The lowest BCUT2D eigenvalue weighted by Crippen LogP contribution is -2.32. The molecular weight excluding hydrogens is 385 g/mol. The van der Waals surface area contributed by atoms with Gasteiger partial charge < -0.3 is 9.72 Å². The number of aromatic nitrogens is 1. The van der Waals surface area contributed by atoms with Gasteiger partial charge >= 0.3 is 6.18 Å². The summed E-state index contributed by atoms with van der Waals surface area (Å²) in [5.41, 5.74) is 9.86. The molecule has 1 saturated carbocycles. The van der Waals surface area contributed by atoms with Crippen molar-refractivity contribution in [2.75, 3.05) is 0 Å². The zero-order valence-corrected chi connectivity index (χ0v) is 15.0. The number of aromatic amines is 1. The molecule has 2 aromatic carbocycles. The third-order valence-corrected chi connectivity index (χ3v) is 5.12. The molecule has 0 spiro atoms. The smallest absolute Gasteiger partial charge is 0.416 e. The van der Waals surface area contributed by atoms with E-state index in [2.05, 4.69) is 15.0 Å². The minimum atomic E-state index is -4.37. The monoisotopic (exact) mass is 400 g/mol. The molecule has 4 rings (SSSR count). The van der Waals surface area contributed by atoms with Gasteiger partial charge in [-0.25, -0.2) is 0 Å². The molecule has 1 heterocycles. The lowest BCUT2D eigenvalue weighted by atomic mass is 9.77. The number of nitrogens with one attached hydrogen (secondary N) is 1. The van der Waals surface area contributed by atoms with Crippen molar-refractivity contribution in [2.24, 2.45) is 5.11 Å². The van der Waals surface area contributed by atoms with Gasteiger partial charge in [0, 0.05) is 27.6 Å². The summed E-state index contributed by atoms with van der Waals surface area (Å²) in [6.07, 6.45) is -1.49. The summed E-state index contributed by atoms with van der Waals surface area (Å²) in [7, 11) is 0. The van der Waals surface area contributed by atoms with Gasteiger partial charge in [0.05, 0.1) is 11.7 Å². The van der Waals surface area contributed by atoms with Crippen LogP contribution < -0.4 is 4.74 Å². The first kappa shape index (κ1) is 18.9. The van der Waals surface area contributed by atoms with E-state index in [0.29, 0.717) is 16.7 Å². The van der Waals surface area contributed by atoms with Gasteiger partial charge in [0.2, 0.25) is 0 Å². The number of hydrogen-bond donors (Lipinski definition) is 1. The molecule has 0 aliphatic heterocycles. The highest BCUT2D eigenvalue weighted by Gasteiger charge is 2.33. The van der Waals surface area contributed by atoms with E-state index < -0.39 is 17.6 Å². The Balaban J connectivity index is 1.43. The second-order valence-electron chi connectivity index (χ2n) is 6.93. The molecule has 1 aliphatic carbocycles. The van der Waals surface area contributed by atoms with E-state index in [1.165, 1.54) is 18.3 Å². The van der Waals surface area contributed by atoms with Crippen LogP contribution in [0.1, 0.15) is 40.2 Å². The fourth-order valence-corrected chi connectivity index (χ4v) is 3.51. The van der Waals surface area contributed by atoms with E-state index in [-0.39, 0.29) is 12.0 Å². The number of ether oxygens (including phenoxy) is 1. The van der Waals surface area contributed by atoms with Gasteiger partial charge in [-0.2, -0.15) is 13.2 Å². The normalized spacial score (nSPS) is 18.7. The Morgan fingerprint density at radius 2 is 1.90 bits per heavy atom. The number of alkyl halides is 3. The molecule has 1 N–H and O–H groups in total. The van der Waals surface area contributed by atoms with Crippen LogP contribution in [0.4, 0.5) is 13.2 Å². The molecule has 1 aromatic heterocycles. The summed E-state index contributed by atoms with van der Waals surface area (Å²) in [6.45, 7) is 0. The zero-order valence-electron chi connectivity index (χ0n) is 15.0. The third-order valence-electron chi connectivity index (χ3n) is 5.12. The molecule has 9 heteroatoms. The Bertz CT molecular complexity index is 1110. The van der Waals surface area contributed by atoms with Gasteiger partial charge in [-0.05, 0) is 71.4 Å². The molecule has 3 aromatic rings. The van der Waals surface area contributed by atoms with Crippen molar-refractivity contribution in [3.05, 3.63) is 75.8 Å². The SMILES string of the molecule is [N-]=[N+]=NC(=O)c1c[nH]c2ccc(C3CC(Oc4ccc(C(F)(F)F)cc4)C3)cc12. The van der Waals surface area contributed by atoms with E-state index in [0.717, 1.165) is 36.1 Å². The summed E-state index contributed by atoms with van der Waals surface area (Å²) >= 11 is 0. The van der Waals surface area contributed by atoms with Crippen molar-refractivity contribution in [1.29, 1.82) is 0 Å². The Morgan fingerprint density at radius 3 is 2.55 bits per heavy atom. The van der Waals surface area contributed by atoms with Crippen molar-refractivity contribution in [3.8, 4) is 5.75 Å². The number of fused-ring (bicyclic) bond motifs is 1. The Hall–Kier alpha value is -3.45. The second-order valence-corrected chi connectivity index (χ2v) is 6.93. The first-order valence-electron chi connectivity index (χ1n) is 8.89. The predicted octanol–water partition coefficient (Wildman–Crippen LogP) is 5.96. The van der Waals surface area contributed by atoms with Crippen LogP contribution in [0.2, 0.25) is 0 Å². The molecule has 29 heavy (non-hydrogen) atoms. The van der Waals surface area contributed by atoms with Crippen LogP contribution in [-0.2, 0) is 6.18 Å². The van der Waals surface area contributed by atoms with Crippen LogP contribution in [0, 0.1) is 0 Å². The number of carbonyl (C=O) groups is 1. The highest BCUT2D eigenvalue weighted by Crippen LogP contribution is 2.40. The van der Waals surface area contributed by atoms with Crippen molar-refractivity contribution in [1.82, 2.24) is 4.98 Å². The van der Waals surface area contributed by atoms with Crippen LogP contribution in [0.15, 0.2) is 53.8 Å². The average molecular weight is 400 g/mol. The molecule has 0 bridgehead atoms. The predicted molar refractivity (Wildman–Crippen MR) is 99.6 cm³/mol. The Kier molecular flexibility index (Phi) is 4.68. The highest BCUT2D eigenvalue weighted by molar-refractivity contribution is 6.07. The summed E-state index contributed by atoms with van der Waals surface area (Å²) < 4.78 is 43.6. The van der Waals surface area contributed by atoms with Gasteiger partial charge in [0.25, 0.3) is 5.91 Å². The van der Waals surface area contributed by atoms with E-state index in [9.17, 15) is 18.0 Å². The largest absolute Gasteiger partial charge is 0.490 e. The summed E-state index contributed by atoms with van der Waals surface area (Å²) in [4.78, 5) is 17.4. The van der Waals surface area contributed by atoms with Crippen LogP contribution >= 0.6 is 0 Å². The highest BCUT2D eigenvalue weighted by atomic mass is 19.4. The van der Waals surface area contributed by atoms with Crippen molar-refractivity contribution in [2.45, 2.75) is 31.0 Å². The molecule has 1 aliphatic rings. The first-order valence-corrected chi connectivity index (χ1v) is 8.89. The molecular formula is C20H15F3N4O2. The van der Waals surface area contributed by atoms with E-state index in [4.69, 9.17) is 10.3 Å². The number of H-pyrrole nitrogens is 1. The number of rotatable bonds is 4. The number of halogens is 3. The third kappa shape index (κ3) is 3.77. The maximum absolute atomic E-state index is 12.6. The number of amides is 1. The minimum Gasteiger partial charge on any atom is -0.490 e. The van der Waals surface area contributed by atoms with Gasteiger partial charge in [-0.3, -0.25) is 4.79 Å². The molecule has 0 saturated heterocycles. The fourth-order valence-electron chi connectivity index (χ4n) is 3.51. The Morgan fingerprint density at radius 1 is 1.17 bits per heavy atom. The van der Waals surface area contributed by atoms with E-state index in [1.54, 1.807) is 0 Å². The molecule has 1 fully saturated rings. The maximum atomic E-state index is 12.6. The van der Waals surface area contributed by atoms with Crippen LogP contribution in [0.3, 0.4) is 0 Å². The molecule has 148 valence electrons. The minimum absolute atomic E-state index is 0.0806. The molecule has 0 atom stereocenters. The molecule has 1 amide bonds. The van der Waals surface area contributed by atoms with Crippen LogP contribution in [0.5, 0.6) is 5.75 Å². The fraction of sp³-hybridized carbons (Fsp3) is 0.250. The van der Waals surface area contributed by atoms with Gasteiger partial charge in [-0.1, -0.05) is 6.07 Å². The summed E-state index contributed by atoms with van der Waals surface area (Å²) in [5.74, 6) is -0.0195. The maximum Gasteiger partial charge on any atom is 0.416 e. The number of azide groups is 1. The van der Waals surface area contributed by atoms with Crippen molar-refractivity contribution in [3.63, 3.8) is 0 Å². The Labute approximate surface area is 162 Å². The van der Waals surface area contributed by atoms with Crippen LogP contribution in [0.25, 0.3) is 21.3 Å². The average Bonchev–Trinajstić information content (AvgIpc) is 3.07. The second kappa shape index (κ2) is 7.18. The van der Waals surface area contributed by atoms with Crippen molar-refractivity contribution >= 4 is 16.8 Å². The van der Waals surface area contributed by atoms with Crippen LogP contribution in [-0.4, -0.2) is 17.0 Å². The quantitative estimate of drug-likeness (QED) is 0.332. The standard InChI is InChI=1S/C20H15F3N4O2/c21-20(22,23)13-2-4-14(5-3-13)29-15-7-12(8-15)11-1-6-18-16(9-11)17(10-25-18)19(28)26-27-24/h1-6,9-10,12,15,25H,7-8H2. The first-order chi connectivity index (χ1) is 13.8. The van der Waals surface area contributed by atoms with E-state index >= 15 is 0 Å². The lowest BCUT2D eigenvalue weighted by molar-refractivity contribution is -0.137. The van der Waals surface area contributed by atoms with Gasteiger partial charge in [0.1, 0.15) is 5.75 Å². The molecule has 6 nitrogen and oxygen atoms in total. The number of hydrogen-bond acceptors (Lipinski definition) is 2. The van der Waals surface area contributed by atoms with Gasteiger partial charge in [0.15, 0.2) is 0 Å². The molecule has 0 radical (unpaired) electrons. The van der Waals surface area contributed by atoms with E-state index in [1.807, 2.05) is 18.2 Å². The lowest BCUT2D eigenvalue weighted by Gasteiger charge is -2.35. The summed E-state index contributed by atoms with van der Waals surface area (Å²) in [5, 5.41) is 3.82. The van der Waals surface area contributed by atoms with Crippen molar-refractivity contribution < 1.29 is 22.7 Å². The summed E-state index contributed by atoms with van der Waals surface area (Å²) in [6, 6.07) is 10.4. The van der Waals surface area contributed by atoms with Gasteiger partial charge in [-0.15, -0.1) is 0 Å². The number of carbonyl (C=O) groups excluding carboxylic acids is 1. The zero-order chi connectivity index (χ0) is 20.6.